The second-order valence-corrected chi connectivity index (χ2v) is 6.75. The van der Waals surface area contributed by atoms with E-state index in [9.17, 15) is 0 Å². The molecule has 26 heavy (non-hydrogen) atoms. The summed E-state index contributed by atoms with van der Waals surface area (Å²) in [6, 6.07) is 16.9. The van der Waals surface area contributed by atoms with Crippen molar-refractivity contribution < 1.29 is 0 Å². The summed E-state index contributed by atoms with van der Waals surface area (Å²) in [5, 5.41) is 0. The molecule has 0 fully saturated rings. The average molecular weight is 346 g/mol. The van der Waals surface area contributed by atoms with Gasteiger partial charge >= 0.3 is 0 Å². The van der Waals surface area contributed by atoms with E-state index in [1.54, 1.807) is 0 Å². The Bertz CT molecular complexity index is 959. The van der Waals surface area contributed by atoms with Crippen molar-refractivity contribution in [1.82, 2.24) is 19.1 Å². The van der Waals surface area contributed by atoms with Crippen molar-refractivity contribution in [3.63, 3.8) is 0 Å². The average Bonchev–Trinajstić information content (AvgIpc) is 3.23. The Morgan fingerprint density at radius 3 is 1.62 bits per heavy atom. The standard InChI is InChI=1S/C22H26N4/c1-4-11-16(21-23-17-12-7-9-14-19(17)25(21)5-2)22-24-18-13-8-10-15-20(18)26(22)6-3/h7-10,12-16H,4-6,11H2,1-3H3. The van der Waals surface area contributed by atoms with E-state index in [2.05, 4.69) is 78.4 Å². The van der Waals surface area contributed by atoms with Crippen molar-refractivity contribution in [2.75, 3.05) is 0 Å². The van der Waals surface area contributed by atoms with Gasteiger partial charge in [0.25, 0.3) is 0 Å². The van der Waals surface area contributed by atoms with Gasteiger partial charge in [0.05, 0.1) is 28.0 Å². The second kappa shape index (κ2) is 6.94. The van der Waals surface area contributed by atoms with Gasteiger partial charge in [-0.1, -0.05) is 37.6 Å². The SMILES string of the molecule is CCCC(c1nc2ccccc2n1CC)c1nc2ccccc2n1CC. The Morgan fingerprint density at radius 2 is 1.19 bits per heavy atom. The maximum Gasteiger partial charge on any atom is 0.120 e. The van der Waals surface area contributed by atoms with Gasteiger partial charge in [-0.3, -0.25) is 0 Å². The summed E-state index contributed by atoms with van der Waals surface area (Å²) in [6.45, 7) is 8.47. The normalized spacial score (nSPS) is 11.8. The lowest BCUT2D eigenvalue weighted by Gasteiger charge is -2.18. The largest absolute Gasteiger partial charge is 0.328 e. The first-order valence-corrected chi connectivity index (χ1v) is 9.68. The van der Waals surface area contributed by atoms with E-state index in [0.29, 0.717) is 0 Å². The van der Waals surface area contributed by atoms with E-state index in [1.807, 2.05) is 0 Å². The van der Waals surface area contributed by atoms with Crippen LogP contribution < -0.4 is 0 Å². The summed E-state index contributed by atoms with van der Waals surface area (Å²) < 4.78 is 4.71. The number of rotatable bonds is 6. The molecule has 2 heterocycles. The van der Waals surface area contributed by atoms with Crippen molar-refractivity contribution in [2.24, 2.45) is 0 Å². The molecule has 0 aliphatic rings. The van der Waals surface area contributed by atoms with Crippen LogP contribution in [0.3, 0.4) is 0 Å². The van der Waals surface area contributed by atoms with Crippen LogP contribution in [0.2, 0.25) is 0 Å². The van der Waals surface area contributed by atoms with E-state index >= 15 is 0 Å². The fraction of sp³-hybridized carbons (Fsp3) is 0.364. The van der Waals surface area contributed by atoms with Crippen molar-refractivity contribution in [3.8, 4) is 0 Å². The highest BCUT2D eigenvalue weighted by Crippen LogP contribution is 2.33. The summed E-state index contributed by atoms with van der Waals surface area (Å²) >= 11 is 0. The zero-order chi connectivity index (χ0) is 18.1. The molecular formula is C22H26N4. The third-order valence-electron chi connectivity index (χ3n) is 5.20. The number of hydrogen-bond donors (Lipinski definition) is 0. The van der Waals surface area contributed by atoms with E-state index in [4.69, 9.17) is 9.97 Å². The third-order valence-corrected chi connectivity index (χ3v) is 5.20. The molecule has 4 rings (SSSR count). The quantitative estimate of drug-likeness (QED) is 0.471. The number of hydrogen-bond acceptors (Lipinski definition) is 2. The van der Waals surface area contributed by atoms with Crippen molar-refractivity contribution in [1.29, 1.82) is 0 Å². The highest BCUT2D eigenvalue weighted by Gasteiger charge is 2.26. The van der Waals surface area contributed by atoms with Gasteiger partial charge in [-0.15, -0.1) is 0 Å². The van der Waals surface area contributed by atoms with Gasteiger partial charge in [0.2, 0.25) is 0 Å². The topological polar surface area (TPSA) is 35.6 Å². The fourth-order valence-corrected chi connectivity index (χ4v) is 4.05. The summed E-state index contributed by atoms with van der Waals surface area (Å²) in [7, 11) is 0. The Kier molecular flexibility index (Phi) is 4.49. The Balaban J connectivity index is 1.95. The Labute approximate surface area is 154 Å². The molecule has 134 valence electrons. The molecule has 0 saturated carbocycles. The van der Waals surface area contributed by atoms with Gasteiger partial charge in [0.15, 0.2) is 0 Å². The Hall–Kier alpha value is -2.62. The lowest BCUT2D eigenvalue weighted by atomic mass is 10.0. The van der Waals surface area contributed by atoms with Gasteiger partial charge in [-0.05, 0) is 44.5 Å². The molecule has 0 bridgehead atoms. The molecule has 0 saturated heterocycles. The number of nitrogens with zero attached hydrogens (tertiary/aromatic N) is 4. The highest BCUT2D eigenvalue weighted by atomic mass is 15.1. The molecule has 0 unspecified atom stereocenters. The van der Waals surface area contributed by atoms with Crippen LogP contribution in [0.1, 0.15) is 51.2 Å². The minimum Gasteiger partial charge on any atom is -0.328 e. The predicted octanol–water partition coefficient (Wildman–Crippen LogP) is 5.36. The summed E-state index contributed by atoms with van der Waals surface area (Å²) in [5.74, 6) is 2.49. The van der Waals surface area contributed by atoms with Crippen LogP contribution in [0.15, 0.2) is 48.5 Å². The molecule has 0 spiro atoms. The van der Waals surface area contributed by atoms with Crippen molar-refractivity contribution in [3.05, 3.63) is 60.2 Å². The van der Waals surface area contributed by atoms with Crippen LogP contribution >= 0.6 is 0 Å². The highest BCUT2D eigenvalue weighted by molar-refractivity contribution is 5.77. The number of aromatic nitrogens is 4. The van der Waals surface area contributed by atoms with Crippen LogP contribution in [0, 0.1) is 0 Å². The molecule has 4 aromatic rings. The first kappa shape index (κ1) is 16.8. The van der Waals surface area contributed by atoms with E-state index in [-0.39, 0.29) is 5.92 Å². The van der Waals surface area contributed by atoms with Crippen LogP contribution in [0.4, 0.5) is 0 Å². The first-order valence-electron chi connectivity index (χ1n) is 9.68. The molecular weight excluding hydrogens is 320 g/mol. The molecule has 0 aliphatic carbocycles. The minimum atomic E-state index is 0.208. The van der Waals surface area contributed by atoms with E-state index in [1.165, 1.54) is 11.0 Å². The molecule has 0 radical (unpaired) electrons. The molecule has 0 N–H and O–H groups in total. The van der Waals surface area contributed by atoms with Gasteiger partial charge in [0, 0.05) is 13.1 Å². The summed E-state index contributed by atoms with van der Waals surface area (Å²) in [4.78, 5) is 10.1. The number of para-hydroxylation sites is 4. The monoisotopic (exact) mass is 346 g/mol. The fourth-order valence-electron chi connectivity index (χ4n) is 4.05. The van der Waals surface area contributed by atoms with Crippen LogP contribution in [0.25, 0.3) is 22.1 Å². The number of benzene rings is 2. The van der Waals surface area contributed by atoms with Crippen LogP contribution in [-0.4, -0.2) is 19.1 Å². The smallest absolute Gasteiger partial charge is 0.120 e. The zero-order valence-electron chi connectivity index (χ0n) is 15.8. The maximum atomic E-state index is 5.03. The number of imidazole rings is 2. The van der Waals surface area contributed by atoms with E-state index < -0.39 is 0 Å². The number of aryl methyl sites for hydroxylation is 2. The van der Waals surface area contributed by atoms with E-state index in [0.717, 1.165) is 48.6 Å². The van der Waals surface area contributed by atoms with Gasteiger partial charge < -0.3 is 9.13 Å². The molecule has 0 amide bonds. The third kappa shape index (κ3) is 2.61. The summed E-state index contributed by atoms with van der Waals surface area (Å²) in [5.41, 5.74) is 4.57. The van der Waals surface area contributed by atoms with Gasteiger partial charge in [-0.2, -0.15) is 0 Å². The summed E-state index contributed by atoms with van der Waals surface area (Å²) in [6.07, 6.45) is 2.15. The first-order chi connectivity index (χ1) is 12.8. The van der Waals surface area contributed by atoms with Gasteiger partial charge in [-0.25, -0.2) is 9.97 Å². The van der Waals surface area contributed by atoms with Crippen LogP contribution in [-0.2, 0) is 13.1 Å². The second-order valence-electron chi connectivity index (χ2n) is 6.75. The maximum absolute atomic E-state index is 5.03. The Morgan fingerprint density at radius 1 is 0.731 bits per heavy atom. The van der Waals surface area contributed by atoms with Gasteiger partial charge in [0.1, 0.15) is 11.6 Å². The lowest BCUT2D eigenvalue weighted by Crippen LogP contribution is -2.15. The lowest BCUT2D eigenvalue weighted by molar-refractivity contribution is 0.560. The molecule has 4 heteroatoms. The van der Waals surface area contributed by atoms with Crippen molar-refractivity contribution >= 4 is 22.1 Å². The molecule has 4 nitrogen and oxygen atoms in total. The van der Waals surface area contributed by atoms with Crippen molar-refractivity contribution in [2.45, 2.75) is 52.6 Å². The minimum absolute atomic E-state index is 0.208. The number of fused-ring (bicyclic) bond motifs is 2. The molecule has 0 aliphatic heterocycles. The van der Waals surface area contributed by atoms with Crippen LogP contribution in [0.5, 0.6) is 0 Å². The zero-order valence-corrected chi connectivity index (χ0v) is 15.8. The predicted molar refractivity (Wildman–Crippen MR) is 108 cm³/mol. The molecule has 2 aromatic carbocycles. The molecule has 2 aromatic heterocycles. The molecule has 0 atom stereocenters.